The monoisotopic (exact) mass is 73.0 g/mol. The molecule has 0 atom stereocenters. The van der Waals surface area contributed by atoms with Crippen LogP contribution in [0.5, 0.6) is 0 Å². The van der Waals surface area contributed by atoms with Crippen LogP contribution in [0.2, 0.25) is 0 Å². The largest absolute Gasteiger partial charge is 0.298 e. The van der Waals surface area contributed by atoms with Gasteiger partial charge in [0, 0.05) is 5.75 Å². The average Bonchev–Trinajstić information content (AvgIpc) is 1.75. The summed E-state index contributed by atoms with van der Waals surface area (Å²) in [6.07, 6.45) is 0. The van der Waals surface area contributed by atoms with Crippen LogP contribution in [0.4, 0.5) is 0 Å². The predicted octanol–water partition coefficient (Wildman–Crippen LogP) is 0.710. The van der Waals surface area contributed by atoms with Crippen LogP contribution in [-0.2, 0) is 0 Å². The Morgan fingerprint density at radius 3 is 2.25 bits per heavy atom. The third-order valence-corrected chi connectivity index (χ3v) is 0.866. The van der Waals surface area contributed by atoms with Crippen molar-refractivity contribution in [2.24, 2.45) is 0 Å². The lowest BCUT2D eigenvalue weighted by molar-refractivity contribution is 1.56. The zero-order valence-electron chi connectivity index (χ0n) is 2.12. The highest BCUT2D eigenvalue weighted by atomic mass is 32.2. The summed E-state index contributed by atoms with van der Waals surface area (Å²) in [6.45, 7) is 0. The molecule has 2 heteroatoms. The molecule has 0 bridgehead atoms. The molecule has 4 heavy (non-hydrogen) atoms. The number of rotatable bonds is 0. The van der Waals surface area contributed by atoms with Gasteiger partial charge in [-0.1, -0.05) is 0 Å². The second-order valence-corrected chi connectivity index (χ2v) is 1.78. The van der Waals surface area contributed by atoms with Crippen molar-refractivity contribution in [1.82, 2.24) is 0 Å². The minimum atomic E-state index is 0.833. The van der Waals surface area contributed by atoms with E-state index in [1.54, 1.807) is 11.8 Å². The first-order valence-electron chi connectivity index (χ1n) is 1.10. The molecule has 0 aromatic rings. The molecular weight excluding hydrogens is 70.1 g/mol. The van der Waals surface area contributed by atoms with Crippen molar-refractivity contribution >= 4 is 16.8 Å². The summed E-state index contributed by atoms with van der Waals surface area (Å²) >= 11 is 1.61. The van der Waals surface area contributed by atoms with E-state index in [1.165, 1.54) is 0 Å². The quantitative estimate of drug-likeness (QED) is 0.419. The van der Waals surface area contributed by atoms with Crippen molar-refractivity contribution in [3.8, 4) is 0 Å². The lowest BCUT2D eigenvalue weighted by atomic mass is 10.9. The first kappa shape index (κ1) is 2.27. The van der Waals surface area contributed by atoms with Gasteiger partial charge < -0.3 is 0 Å². The van der Waals surface area contributed by atoms with Crippen LogP contribution in [0.1, 0.15) is 0 Å². The van der Waals surface area contributed by atoms with Crippen molar-refractivity contribution in [3.63, 3.8) is 0 Å². The molecule has 1 nitrogen and oxygen atoms in total. The fourth-order valence-corrected chi connectivity index (χ4v) is 0.108. The maximum absolute atomic E-state index is 6.57. The maximum Gasteiger partial charge on any atom is 0.0748 e. The Hall–Kier alpha value is 0.0200. The molecule has 1 heterocycles. The molecule has 1 fully saturated rings. The van der Waals surface area contributed by atoms with Crippen molar-refractivity contribution < 1.29 is 0 Å². The third-order valence-electron chi connectivity index (χ3n) is 0.289. The Balaban J connectivity index is 2.60. The molecule has 1 N–H and O–H groups in total. The molecule has 0 amide bonds. The Morgan fingerprint density at radius 1 is 2.00 bits per heavy atom. The highest BCUT2D eigenvalue weighted by Crippen LogP contribution is 2.18. The minimum absolute atomic E-state index is 0.833. The number of nitrogens with one attached hydrogen (secondary N) is 1. The third kappa shape index (κ3) is 0.230. The van der Waals surface area contributed by atoms with Gasteiger partial charge in [0.25, 0.3) is 0 Å². The SMILES string of the molecule is N=C1CS1. The van der Waals surface area contributed by atoms with Crippen molar-refractivity contribution in [1.29, 1.82) is 5.41 Å². The maximum atomic E-state index is 6.57. The van der Waals surface area contributed by atoms with Crippen LogP contribution in [0.3, 0.4) is 0 Å². The first-order chi connectivity index (χ1) is 1.89. The molecule has 0 aliphatic carbocycles. The van der Waals surface area contributed by atoms with E-state index >= 15 is 0 Å². The Morgan fingerprint density at radius 2 is 2.25 bits per heavy atom. The van der Waals surface area contributed by atoms with Gasteiger partial charge in [-0.2, -0.15) is 0 Å². The summed E-state index contributed by atoms with van der Waals surface area (Å²) in [5.41, 5.74) is 0. The summed E-state index contributed by atoms with van der Waals surface area (Å²) < 4.78 is 0. The van der Waals surface area contributed by atoms with Gasteiger partial charge >= 0.3 is 0 Å². The number of thioether (sulfide) groups is 1. The molecule has 0 spiro atoms. The van der Waals surface area contributed by atoms with Crippen LogP contribution < -0.4 is 0 Å². The van der Waals surface area contributed by atoms with E-state index in [1.807, 2.05) is 0 Å². The minimum Gasteiger partial charge on any atom is -0.298 e. The van der Waals surface area contributed by atoms with E-state index in [9.17, 15) is 0 Å². The van der Waals surface area contributed by atoms with Gasteiger partial charge in [-0.15, -0.1) is 11.8 Å². The van der Waals surface area contributed by atoms with Crippen LogP contribution in [0, 0.1) is 5.41 Å². The molecule has 0 unspecified atom stereocenters. The van der Waals surface area contributed by atoms with E-state index < -0.39 is 0 Å². The lowest BCUT2D eigenvalue weighted by Gasteiger charge is -1.31. The normalized spacial score (nSPS) is 21.5. The molecular formula is C2H3NS. The van der Waals surface area contributed by atoms with Gasteiger partial charge in [0.15, 0.2) is 0 Å². The molecule has 0 aromatic heterocycles. The Bertz CT molecular complexity index is 44.0. The fraction of sp³-hybridized carbons (Fsp3) is 0.500. The predicted molar refractivity (Wildman–Crippen MR) is 20.2 cm³/mol. The second kappa shape index (κ2) is 0.489. The fourth-order valence-electron chi connectivity index (χ4n) is 0.0361. The standard InChI is InChI=1S/C2H3NS/c3-2-1-4-2/h3H,1H2. The van der Waals surface area contributed by atoms with Gasteiger partial charge in [-0.25, -0.2) is 0 Å². The topological polar surface area (TPSA) is 23.9 Å². The van der Waals surface area contributed by atoms with E-state index in [0.29, 0.717) is 0 Å². The average molecular weight is 73.1 g/mol. The number of hydrogen-bond acceptors (Lipinski definition) is 2. The van der Waals surface area contributed by atoms with E-state index in [-0.39, 0.29) is 0 Å². The molecule has 1 aliphatic rings. The molecule has 1 aliphatic heterocycles. The van der Waals surface area contributed by atoms with Crippen molar-refractivity contribution in [3.05, 3.63) is 0 Å². The molecule has 0 aromatic carbocycles. The van der Waals surface area contributed by atoms with Crippen LogP contribution in [-0.4, -0.2) is 10.8 Å². The van der Waals surface area contributed by atoms with Crippen LogP contribution in [0.25, 0.3) is 0 Å². The molecule has 22 valence electrons. The smallest absolute Gasteiger partial charge is 0.0748 e. The van der Waals surface area contributed by atoms with E-state index in [0.717, 1.165) is 10.8 Å². The van der Waals surface area contributed by atoms with Gasteiger partial charge in [-0.05, 0) is 0 Å². The summed E-state index contributed by atoms with van der Waals surface area (Å²) in [7, 11) is 0. The molecule has 0 radical (unpaired) electrons. The van der Waals surface area contributed by atoms with Crippen molar-refractivity contribution in [2.75, 3.05) is 5.75 Å². The first-order valence-corrected chi connectivity index (χ1v) is 2.08. The van der Waals surface area contributed by atoms with E-state index in [4.69, 9.17) is 5.41 Å². The summed E-state index contributed by atoms with van der Waals surface area (Å²) in [4.78, 5) is 0. The highest BCUT2D eigenvalue weighted by Gasteiger charge is 2.09. The number of hydrogen-bond donors (Lipinski definition) is 1. The highest BCUT2D eigenvalue weighted by molar-refractivity contribution is 8.24. The summed E-state index contributed by atoms with van der Waals surface area (Å²) in [5.74, 6) is 0.986. The zero-order chi connectivity index (χ0) is 2.99. The van der Waals surface area contributed by atoms with Gasteiger partial charge in [0.05, 0.1) is 5.04 Å². The summed E-state index contributed by atoms with van der Waals surface area (Å²) in [6, 6.07) is 0. The lowest BCUT2D eigenvalue weighted by Crippen LogP contribution is -1.44. The van der Waals surface area contributed by atoms with Gasteiger partial charge in [-0.3, -0.25) is 5.41 Å². The Kier molecular flexibility index (Phi) is 0.277. The second-order valence-electron chi connectivity index (χ2n) is 0.712. The van der Waals surface area contributed by atoms with Gasteiger partial charge in [0.1, 0.15) is 0 Å². The molecule has 1 saturated heterocycles. The van der Waals surface area contributed by atoms with Crippen molar-refractivity contribution in [2.45, 2.75) is 0 Å². The van der Waals surface area contributed by atoms with Crippen LogP contribution in [0.15, 0.2) is 0 Å². The van der Waals surface area contributed by atoms with Crippen LogP contribution >= 0.6 is 11.8 Å². The van der Waals surface area contributed by atoms with Gasteiger partial charge in [0.2, 0.25) is 0 Å². The summed E-state index contributed by atoms with van der Waals surface area (Å²) in [5, 5.41) is 7.41. The van der Waals surface area contributed by atoms with E-state index in [2.05, 4.69) is 0 Å². The molecule has 0 saturated carbocycles. The zero-order valence-corrected chi connectivity index (χ0v) is 2.93. The molecule has 1 rings (SSSR count). The Labute approximate surface area is 28.9 Å².